The van der Waals surface area contributed by atoms with E-state index in [2.05, 4.69) is 10.5 Å². The standard InChI is InChI=1S/C12H21N3O3.ClH/c1-5-10(11-7(2)15-18-8(11)3)14-12(16)9(13)6-17-4;/h9-10H,5-6,13H2,1-4H3,(H,14,16);1H. The number of hydrogen-bond donors (Lipinski definition) is 2. The molecule has 2 unspecified atom stereocenters. The van der Waals surface area contributed by atoms with E-state index in [0.717, 1.165) is 23.4 Å². The van der Waals surface area contributed by atoms with Crippen LogP contribution < -0.4 is 11.1 Å². The highest BCUT2D eigenvalue weighted by molar-refractivity contribution is 5.85. The van der Waals surface area contributed by atoms with Crippen LogP contribution in [-0.2, 0) is 9.53 Å². The third kappa shape index (κ3) is 4.49. The van der Waals surface area contributed by atoms with Gasteiger partial charge in [-0.05, 0) is 20.3 Å². The SMILES string of the molecule is CCC(NC(=O)C(N)COC)c1c(C)noc1C.Cl. The quantitative estimate of drug-likeness (QED) is 0.823. The van der Waals surface area contributed by atoms with E-state index in [1.807, 2.05) is 20.8 Å². The number of amides is 1. The molecule has 0 aliphatic rings. The Labute approximate surface area is 119 Å². The second-order valence-electron chi connectivity index (χ2n) is 4.27. The van der Waals surface area contributed by atoms with Crippen molar-refractivity contribution >= 4 is 18.3 Å². The molecule has 1 aromatic heterocycles. The zero-order valence-corrected chi connectivity index (χ0v) is 12.5. The maximum atomic E-state index is 11.9. The average Bonchev–Trinajstić information content (AvgIpc) is 2.66. The number of hydrogen-bond acceptors (Lipinski definition) is 5. The second-order valence-corrected chi connectivity index (χ2v) is 4.27. The highest BCUT2D eigenvalue weighted by atomic mass is 35.5. The number of rotatable bonds is 6. The van der Waals surface area contributed by atoms with Crippen LogP contribution in [-0.4, -0.2) is 30.8 Å². The topological polar surface area (TPSA) is 90.4 Å². The van der Waals surface area contributed by atoms with Crippen LogP contribution in [0.3, 0.4) is 0 Å². The minimum atomic E-state index is -0.662. The fraction of sp³-hybridized carbons (Fsp3) is 0.667. The molecule has 0 aliphatic heterocycles. The lowest BCUT2D eigenvalue weighted by Gasteiger charge is -2.19. The number of halogens is 1. The molecule has 0 saturated heterocycles. The van der Waals surface area contributed by atoms with Gasteiger partial charge < -0.3 is 20.3 Å². The van der Waals surface area contributed by atoms with Crippen molar-refractivity contribution in [3.63, 3.8) is 0 Å². The van der Waals surface area contributed by atoms with E-state index in [-0.39, 0.29) is 31.0 Å². The van der Waals surface area contributed by atoms with Crippen molar-refractivity contribution < 1.29 is 14.1 Å². The molecule has 0 spiro atoms. The van der Waals surface area contributed by atoms with Gasteiger partial charge in [0, 0.05) is 12.7 Å². The van der Waals surface area contributed by atoms with E-state index >= 15 is 0 Å². The number of nitrogens with zero attached hydrogens (tertiary/aromatic N) is 1. The lowest BCUT2D eigenvalue weighted by Crippen LogP contribution is -2.44. The molecule has 6 nitrogen and oxygen atoms in total. The van der Waals surface area contributed by atoms with Crippen LogP contribution in [0.2, 0.25) is 0 Å². The Morgan fingerprint density at radius 2 is 2.16 bits per heavy atom. The summed E-state index contributed by atoms with van der Waals surface area (Å²) in [6, 6.07) is -0.795. The van der Waals surface area contributed by atoms with Gasteiger partial charge in [-0.3, -0.25) is 4.79 Å². The summed E-state index contributed by atoms with van der Waals surface area (Å²) in [7, 11) is 1.51. The predicted octanol–water partition coefficient (Wildman–Crippen LogP) is 1.25. The summed E-state index contributed by atoms with van der Waals surface area (Å²) in [6.45, 7) is 5.87. The van der Waals surface area contributed by atoms with Gasteiger partial charge in [-0.1, -0.05) is 12.1 Å². The third-order valence-corrected chi connectivity index (χ3v) is 2.84. The zero-order valence-electron chi connectivity index (χ0n) is 11.7. The molecular formula is C12H22ClN3O3. The van der Waals surface area contributed by atoms with Crippen molar-refractivity contribution in [2.24, 2.45) is 5.73 Å². The van der Waals surface area contributed by atoms with Crippen LogP contribution >= 0.6 is 12.4 Å². The van der Waals surface area contributed by atoms with Crippen LogP contribution in [0.15, 0.2) is 4.52 Å². The molecule has 1 amide bonds. The van der Waals surface area contributed by atoms with Crippen molar-refractivity contribution in [3.05, 3.63) is 17.0 Å². The Hall–Kier alpha value is -1.11. The van der Waals surface area contributed by atoms with Gasteiger partial charge in [0.1, 0.15) is 11.8 Å². The van der Waals surface area contributed by atoms with Gasteiger partial charge >= 0.3 is 0 Å². The smallest absolute Gasteiger partial charge is 0.239 e. The largest absolute Gasteiger partial charge is 0.383 e. The number of aryl methyl sites for hydroxylation is 2. The maximum Gasteiger partial charge on any atom is 0.239 e. The molecule has 0 bridgehead atoms. The molecule has 7 heteroatoms. The van der Waals surface area contributed by atoms with Crippen LogP contribution in [0.25, 0.3) is 0 Å². The molecule has 2 atom stereocenters. The number of nitrogens with one attached hydrogen (secondary N) is 1. The minimum Gasteiger partial charge on any atom is -0.383 e. The Morgan fingerprint density at radius 1 is 1.53 bits per heavy atom. The van der Waals surface area contributed by atoms with E-state index in [9.17, 15) is 4.79 Å². The monoisotopic (exact) mass is 291 g/mol. The normalized spacial score (nSPS) is 13.5. The van der Waals surface area contributed by atoms with Crippen molar-refractivity contribution in [2.75, 3.05) is 13.7 Å². The lowest BCUT2D eigenvalue weighted by molar-refractivity contribution is -0.124. The highest BCUT2D eigenvalue weighted by Crippen LogP contribution is 2.23. The Morgan fingerprint density at radius 3 is 2.58 bits per heavy atom. The Kier molecular flexibility index (Phi) is 7.66. The number of carbonyl (C=O) groups excluding carboxylic acids is 1. The van der Waals surface area contributed by atoms with Crippen molar-refractivity contribution in [1.82, 2.24) is 10.5 Å². The van der Waals surface area contributed by atoms with Gasteiger partial charge in [-0.25, -0.2) is 0 Å². The van der Waals surface area contributed by atoms with Crippen molar-refractivity contribution in [3.8, 4) is 0 Å². The molecule has 3 N–H and O–H groups in total. The Balaban J connectivity index is 0.00000324. The van der Waals surface area contributed by atoms with Crippen LogP contribution in [0.5, 0.6) is 0 Å². The zero-order chi connectivity index (χ0) is 13.7. The molecule has 1 heterocycles. The number of methoxy groups -OCH3 is 1. The maximum absolute atomic E-state index is 11.9. The number of carbonyl (C=O) groups is 1. The number of nitrogens with two attached hydrogens (primary N) is 1. The van der Waals surface area contributed by atoms with Crippen molar-refractivity contribution in [2.45, 2.75) is 39.3 Å². The summed E-state index contributed by atoms with van der Waals surface area (Å²) >= 11 is 0. The molecule has 0 saturated carbocycles. The summed E-state index contributed by atoms with van der Waals surface area (Å²) in [5, 5.41) is 6.78. The van der Waals surface area contributed by atoms with E-state index in [4.69, 9.17) is 15.0 Å². The van der Waals surface area contributed by atoms with Crippen LogP contribution in [0.1, 0.15) is 36.4 Å². The molecule has 1 aromatic rings. The minimum absolute atomic E-state index is 0. The fourth-order valence-electron chi connectivity index (χ4n) is 1.90. The first-order valence-electron chi connectivity index (χ1n) is 5.98. The van der Waals surface area contributed by atoms with Gasteiger partial charge in [-0.2, -0.15) is 0 Å². The molecule has 110 valence electrons. The third-order valence-electron chi connectivity index (χ3n) is 2.84. The van der Waals surface area contributed by atoms with Crippen LogP contribution in [0.4, 0.5) is 0 Å². The number of ether oxygens (including phenoxy) is 1. The Bertz CT molecular complexity index is 389. The van der Waals surface area contributed by atoms with Crippen LogP contribution in [0, 0.1) is 13.8 Å². The first-order valence-corrected chi connectivity index (χ1v) is 5.98. The van der Waals surface area contributed by atoms with Gasteiger partial charge in [0.25, 0.3) is 0 Å². The van der Waals surface area contributed by atoms with E-state index in [1.165, 1.54) is 7.11 Å². The van der Waals surface area contributed by atoms with Gasteiger partial charge in [0.2, 0.25) is 5.91 Å². The highest BCUT2D eigenvalue weighted by Gasteiger charge is 2.23. The van der Waals surface area contributed by atoms with Gasteiger partial charge in [-0.15, -0.1) is 12.4 Å². The van der Waals surface area contributed by atoms with E-state index in [1.54, 1.807) is 0 Å². The summed E-state index contributed by atoms with van der Waals surface area (Å²) in [4.78, 5) is 11.9. The molecule has 19 heavy (non-hydrogen) atoms. The predicted molar refractivity (Wildman–Crippen MR) is 74.3 cm³/mol. The molecule has 1 rings (SSSR count). The lowest BCUT2D eigenvalue weighted by atomic mass is 10.0. The molecular weight excluding hydrogens is 270 g/mol. The summed E-state index contributed by atoms with van der Waals surface area (Å²) < 4.78 is 9.97. The summed E-state index contributed by atoms with van der Waals surface area (Å²) in [6.07, 6.45) is 0.744. The molecule has 0 radical (unpaired) electrons. The summed E-state index contributed by atoms with van der Waals surface area (Å²) in [5.74, 6) is 0.490. The van der Waals surface area contributed by atoms with Gasteiger partial charge in [0.15, 0.2) is 0 Å². The fourth-order valence-corrected chi connectivity index (χ4v) is 1.90. The average molecular weight is 292 g/mol. The second kappa shape index (κ2) is 8.14. The number of aromatic nitrogens is 1. The summed E-state index contributed by atoms with van der Waals surface area (Å²) in [5.41, 5.74) is 7.40. The van der Waals surface area contributed by atoms with Crippen molar-refractivity contribution in [1.29, 1.82) is 0 Å². The molecule has 0 fully saturated rings. The first kappa shape index (κ1) is 17.9. The molecule has 0 aliphatic carbocycles. The van der Waals surface area contributed by atoms with E-state index < -0.39 is 6.04 Å². The van der Waals surface area contributed by atoms with E-state index in [0.29, 0.717) is 0 Å². The molecule has 0 aromatic carbocycles. The first-order chi connectivity index (χ1) is 8.51. The van der Waals surface area contributed by atoms with Gasteiger partial charge in [0.05, 0.1) is 18.3 Å².